The van der Waals surface area contributed by atoms with E-state index in [1.54, 1.807) is 18.2 Å². The lowest BCUT2D eigenvalue weighted by molar-refractivity contribution is 0.0954. The fourth-order valence-corrected chi connectivity index (χ4v) is 4.74. The Morgan fingerprint density at radius 1 is 0.939 bits per heavy atom. The molecule has 1 aliphatic rings. The molecular formula is C24H23ClN2O5S. The molecule has 1 aliphatic heterocycles. The van der Waals surface area contributed by atoms with Gasteiger partial charge in [0.05, 0.1) is 9.92 Å². The maximum absolute atomic E-state index is 12.7. The van der Waals surface area contributed by atoms with Crippen LogP contribution >= 0.6 is 11.6 Å². The molecule has 0 radical (unpaired) electrons. The molecule has 0 atom stereocenters. The molecule has 0 fully saturated rings. The van der Waals surface area contributed by atoms with Gasteiger partial charge in [-0.05, 0) is 47.9 Å². The Morgan fingerprint density at radius 3 is 2.55 bits per heavy atom. The molecule has 0 aliphatic carbocycles. The Kier molecular flexibility index (Phi) is 7.17. The number of ether oxygens (including phenoxy) is 2. The van der Waals surface area contributed by atoms with Crippen LogP contribution in [0.1, 0.15) is 21.5 Å². The Hall–Kier alpha value is -3.07. The highest BCUT2D eigenvalue weighted by Gasteiger charge is 2.18. The summed E-state index contributed by atoms with van der Waals surface area (Å²) >= 11 is 6.25. The molecule has 1 amide bonds. The molecule has 172 valence electrons. The molecule has 33 heavy (non-hydrogen) atoms. The van der Waals surface area contributed by atoms with Crippen molar-refractivity contribution in [1.29, 1.82) is 0 Å². The summed E-state index contributed by atoms with van der Waals surface area (Å²) in [4.78, 5) is 12.6. The maximum Gasteiger partial charge on any atom is 0.251 e. The molecule has 7 nitrogen and oxygen atoms in total. The highest BCUT2D eigenvalue weighted by atomic mass is 35.5. The van der Waals surface area contributed by atoms with Crippen molar-refractivity contribution in [2.45, 2.75) is 17.9 Å². The Balaban J connectivity index is 1.36. The van der Waals surface area contributed by atoms with E-state index in [0.29, 0.717) is 42.7 Å². The minimum atomic E-state index is -3.76. The number of carbonyl (C=O) groups excluding carboxylic acids is 1. The number of benzene rings is 3. The smallest absolute Gasteiger partial charge is 0.251 e. The Bertz CT molecular complexity index is 1250. The molecule has 9 heteroatoms. The molecule has 0 spiro atoms. The fourth-order valence-electron chi connectivity index (χ4n) is 3.39. The first-order valence-electron chi connectivity index (χ1n) is 10.4. The molecule has 1 heterocycles. The Labute approximate surface area is 197 Å². The number of carbonyl (C=O) groups is 1. The third-order valence-electron chi connectivity index (χ3n) is 5.07. The minimum Gasteiger partial charge on any atom is -0.486 e. The molecule has 0 aromatic heterocycles. The predicted molar refractivity (Wildman–Crippen MR) is 125 cm³/mol. The van der Waals surface area contributed by atoms with Gasteiger partial charge in [-0.1, -0.05) is 48.0 Å². The molecule has 0 unspecified atom stereocenters. The van der Waals surface area contributed by atoms with Crippen molar-refractivity contribution in [2.75, 3.05) is 19.8 Å². The summed E-state index contributed by atoms with van der Waals surface area (Å²) in [6.45, 7) is 1.43. The first-order chi connectivity index (χ1) is 15.9. The van der Waals surface area contributed by atoms with Crippen molar-refractivity contribution in [2.24, 2.45) is 0 Å². The van der Waals surface area contributed by atoms with Crippen LogP contribution in [0.25, 0.3) is 0 Å². The number of hydrogen-bond donors (Lipinski definition) is 2. The van der Waals surface area contributed by atoms with Crippen molar-refractivity contribution >= 4 is 27.5 Å². The average molecular weight is 487 g/mol. The van der Waals surface area contributed by atoms with Crippen molar-refractivity contribution in [3.8, 4) is 11.5 Å². The number of nitrogens with one attached hydrogen (secondary N) is 2. The van der Waals surface area contributed by atoms with E-state index in [9.17, 15) is 13.2 Å². The predicted octanol–water partition coefficient (Wildman–Crippen LogP) is 3.56. The lowest BCUT2D eigenvalue weighted by Crippen LogP contribution is -2.27. The van der Waals surface area contributed by atoms with E-state index < -0.39 is 10.0 Å². The summed E-state index contributed by atoms with van der Waals surface area (Å²) in [7, 11) is -3.76. The van der Waals surface area contributed by atoms with Crippen LogP contribution in [0.5, 0.6) is 11.5 Å². The zero-order valence-electron chi connectivity index (χ0n) is 17.7. The van der Waals surface area contributed by atoms with E-state index >= 15 is 0 Å². The van der Waals surface area contributed by atoms with E-state index in [2.05, 4.69) is 10.0 Å². The molecule has 0 saturated heterocycles. The molecule has 3 aromatic carbocycles. The standard InChI is InChI=1S/C24H23ClN2O5S/c25-21-13-18(14-22-23(21)32-12-11-31-22)9-10-26-24(28)19-7-4-8-20(15-19)33(29,30)27-16-17-5-2-1-3-6-17/h1-8,13-15,27H,9-12,16H2,(H,26,28). The molecule has 0 saturated carbocycles. The summed E-state index contributed by atoms with van der Waals surface area (Å²) in [5.74, 6) is 0.768. The second kappa shape index (κ2) is 10.2. The van der Waals surface area contributed by atoms with Crippen LogP contribution in [0.15, 0.2) is 71.6 Å². The van der Waals surface area contributed by atoms with E-state index in [-0.39, 0.29) is 22.9 Å². The van der Waals surface area contributed by atoms with Crippen LogP contribution in [0.2, 0.25) is 5.02 Å². The van der Waals surface area contributed by atoms with Crippen molar-refractivity contribution in [3.63, 3.8) is 0 Å². The van der Waals surface area contributed by atoms with Crippen LogP contribution in [0, 0.1) is 0 Å². The summed E-state index contributed by atoms with van der Waals surface area (Å²) in [6, 6.07) is 18.8. The van der Waals surface area contributed by atoms with Gasteiger partial charge in [-0.25, -0.2) is 13.1 Å². The van der Waals surface area contributed by atoms with Gasteiger partial charge in [0.15, 0.2) is 11.5 Å². The highest BCUT2D eigenvalue weighted by molar-refractivity contribution is 7.89. The molecule has 3 aromatic rings. The lowest BCUT2D eigenvalue weighted by atomic mass is 10.1. The number of rotatable bonds is 8. The lowest BCUT2D eigenvalue weighted by Gasteiger charge is -2.20. The van der Waals surface area contributed by atoms with Gasteiger partial charge in [-0.15, -0.1) is 0 Å². The van der Waals surface area contributed by atoms with Gasteiger partial charge in [0.2, 0.25) is 10.0 Å². The van der Waals surface area contributed by atoms with Gasteiger partial charge in [0.25, 0.3) is 5.91 Å². The van der Waals surface area contributed by atoms with Gasteiger partial charge < -0.3 is 14.8 Å². The fraction of sp³-hybridized carbons (Fsp3) is 0.208. The minimum absolute atomic E-state index is 0.0321. The van der Waals surface area contributed by atoms with Crippen LogP contribution in [0.4, 0.5) is 0 Å². The average Bonchev–Trinajstić information content (AvgIpc) is 2.83. The van der Waals surface area contributed by atoms with Crippen LogP contribution in [-0.4, -0.2) is 34.1 Å². The van der Waals surface area contributed by atoms with Gasteiger partial charge in [0.1, 0.15) is 13.2 Å². The maximum atomic E-state index is 12.7. The second-order valence-corrected chi connectivity index (χ2v) is 9.62. The van der Waals surface area contributed by atoms with Gasteiger partial charge in [0, 0.05) is 18.7 Å². The van der Waals surface area contributed by atoms with Gasteiger partial charge >= 0.3 is 0 Å². The van der Waals surface area contributed by atoms with Gasteiger partial charge in [-0.2, -0.15) is 0 Å². The highest BCUT2D eigenvalue weighted by Crippen LogP contribution is 2.38. The van der Waals surface area contributed by atoms with E-state index in [1.807, 2.05) is 36.4 Å². The van der Waals surface area contributed by atoms with Crippen molar-refractivity contribution < 1.29 is 22.7 Å². The molecular weight excluding hydrogens is 464 g/mol. The first kappa shape index (κ1) is 23.1. The normalized spacial score (nSPS) is 12.9. The van der Waals surface area contributed by atoms with E-state index in [4.69, 9.17) is 21.1 Å². The summed E-state index contributed by atoms with van der Waals surface area (Å²) < 4.78 is 38.9. The van der Waals surface area contributed by atoms with Gasteiger partial charge in [-0.3, -0.25) is 4.79 Å². The summed E-state index contributed by atoms with van der Waals surface area (Å²) in [5.41, 5.74) is 2.00. The number of sulfonamides is 1. The SMILES string of the molecule is O=C(NCCc1cc(Cl)c2c(c1)OCCO2)c1cccc(S(=O)(=O)NCc2ccccc2)c1. The largest absolute Gasteiger partial charge is 0.486 e. The first-order valence-corrected chi connectivity index (χ1v) is 12.3. The number of hydrogen-bond acceptors (Lipinski definition) is 5. The number of fused-ring (bicyclic) bond motifs is 1. The van der Waals surface area contributed by atoms with Crippen LogP contribution < -0.4 is 19.5 Å². The number of amides is 1. The van der Waals surface area contributed by atoms with E-state index in [1.165, 1.54) is 12.1 Å². The quantitative estimate of drug-likeness (QED) is 0.507. The monoisotopic (exact) mass is 486 g/mol. The van der Waals surface area contributed by atoms with E-state index in [0.717, 1.165) is 11.1 Å². The summed E-state index contributed by atoms with van der Waals surface area (Å²) in [6.07, 6.45) is 0.527. The Morgan fingerprint density at radius 2 is 1.73 bits per heavy atom. The summed E-state index contributed by atoms with van der Waals surface area (Å²) in [5, 5.41) is 3.28. The molecule has 2 N–H and O–H groups in total. The van der Waals surface area contributed by atoms with Crippen LogP contribution in [0.3, 0.4) is 0 Å². The zero-order valence-corrected chi connectivity index (χ0v) is 19.3. The molecule has 0 bridgehead atoms. The zero-order chi connectivity index (χ0) is 23.3. The second-order valence-electron chi connectivity index (χ2n) is 7.45. The van der Waals surface area contributed by atoms with Crippen molar-refractivity contribution in [3.05, 3.63) is 88.4 Å². The third-order valence-corrected chi connectivity index (χ3v) is 6.75. The topological polar surface area (TPSA) is 93.7 Å². The number of halogens is 1. The van der Waals surface area contributed by atoms with Crippen LogP contribution in [-0.2, 0) is 23.0 Å². The third kappa shape index (κ3) is 5.84. The van der Waals surface area contributed by atoms with Crippen molar-refractivity contribution in [1.82, 2.24) is 10.0 Å². The molecule has 4 rings (SSSR count).